The fraction of sp³-hybridized carbons (Fsp3) is 0.417. The molecule has 5 nitrogen and oxygen atoms in total. The highest BCUT2D eigenvalue weighted by Gasteiger charge is 2.28. The third-order valence-corrected chi connectivity index (χ3v) is 5.60. The summed E-state index contributed by atoms with van der Waals surface area (Å²) in [5, 5.41) is 2.66. The first-order valence-corrected chi connectivity index (χ1v) is 10.9. The lowest BCUT2D eigenvalue weighted by Gasteiger charge is -2.30. The Morgan fingerprint density at radius 2 is 1.80 bits per heavy atom. The second kappa shape index (κ2) is 10.6. The minimum absolute atomic E-state index is 0.0191. The van der Waals surface area contributed by atoms with E-state index in [1.54, 1.807) is 11.9 Å². The SMILES string of the molecule is CCC(C(=O)NC)N(Cc1ccccc1)C(=O)COc1ccc(C(C)(C)C)cc1Br. The Bertz CT molecular complexity index is 862. The molecule has 0 heterocycles. The maximum Gasteiger partial charge on any atom is 0.261 e. The molecule has 0 saturated heterocycles. The molecule has 1 unspecified atom stereocenters. The Hall–Kier alpha value is -2.34. The molecular formula is C24H31BrN2O3. The highest BCUT2D eigenvalue weighted by Crippen LogP contribution is 2.31. The van der Waals surface area contributed by atoms with Crippen molar-refractivity contribution in [3.63, 3.8) is 0 Å². The zero-order chi connectivity index (χ0) is 22.3. The van der Waals surface area contributed by atoms with Crippen LogP contribution in [0.3, 0.4) is 0 Å². The van der Waals surface area contributed by atoms with E-state index in [9.17, 15) is 9.59 Å². The van der Waals surface area contributed by atoms with E-state index in [0.29, 0.717) is 18.7 Å². The van der Waals surface area contributed by atoms with E-state index in [-0.39, 0.29) is 23.8 Å². The second-order valence-corrected chi connectivity index (χ2v) is 9.08. The van der Waals surface area contributed by atoms with Crippen LogP contribution in [-0.4, -0.2) is 36.4 Å². The van der Waals surface area contributed by atoms with E-state index in [1.165, 1.54) is 5.56 Å². The molecule has 0 radical (unpaired) electrons. The predicted octanol–water partition coefficient (Wildman–Crippen LogP) is 4.68. The summed E-state index contributed by atoms with van der Waals surface area (Å²) in [4.78, 5) is 27.1. The van der Waals surface area contributed by atoms with Gasteiger partial charge in [-0.25, -0.2) is 0 Å². The third-order valence-electron chi connectivity index (χ3n) is 4.98. The number of hydrogen-bond acceptors (Lipinski definition) is 3. The summed E-state index contributed by atoms with van der Waals surface area (Å²) < 4.78 is 6.62. The number of carbonyl (C=O) groups excluding carboxylic acids is 2. The quantitative estimate of drug-likeness (QED) is 0.603. The van der Waals surface area contributed by atoms with Gasteiger partial charge in [0.2, 0.25) is 5.91 Å². The van der Waals surface area contributed by atoms with E-state index in [4.69, 9.17) is 4.74 Å². The van der Waals surface area contributed by atoms with Crippen molar-refractivity contribution < 1.29 is 14.3 Å². The van der Waals surface area contributed by atoms with Gasteiger partial charge in [0, 0.05) is 13.6 Å². The molecule has 0 aromatic heterocycles. The number of nitrogens with one attached hydrogen (secondary N) is 1. The molecule has 0 saturated carbocycles. The van der Waals surface area contributed by atoms with Gasteiger partial charge in [0.25, 0.3) is 5.91 Å². The lowest BCUT2D eigenvalue weighted by molar-refractivity contribution is -0.142. The number of nitrogens with zero attached hydrogens (tertiary/aromatic N) is 1. The van der Waals surface area contributed by atoms with Crippen LogP contribution in [0.1, 0.15) is 45.2 Å². The first-order valence-electron chi connectivity index (χ1n) is 10.1. The standard InChI is InChI=1S/C24H31BrN2O3/c1-6-20(23(29)26-5)27(15-17-10-8-7-9-11-17)22(28)16-30-21-13-12-18(14-19(21)25)24(2,3)4/h7-14,20H,6,15-16H2,1-5H3,(H,26,29). The normalized spacial score (nSPS) is 12.2. The second-order valence-electron chi connectivity index (χ2n) is 8.23. The Morgan fingerprint density at radius 1 is 1.13 bits per heavy atom. The fourth-order valence-electron chi connectivity index (χ4n) is 3.17. The van der Waals surface area contributed by atoms with Crippen LogP contribution < -0.4 is 10.1 Å². The molecule has 1 atom stereocenters. The van der Waals surface area contributed by atoms with Gasteiger partial charge in [-0.3, -0.25) is 9.59 Å². The van der Waals surface area contributed by atoms with E-state index < -0.39 is 6.04 Å². The molecule has 0 aliphatic carbocycles. The Balaban J connectivity index is 2.18. The predicted molar refractivity (Wildman–Crippen MR) is 123 cm³/mol. The topological polar surface area (TPSA) is 58.6 Å². The molecular weight excluding hydrogens is 444 g/mol. The molecule has 30 heavy (non-hydrogen) atoms. The van der Waals surface area contributed by atoms with Gasteiger partial charge in [-0.1, -0.05) is 64.1 Å². The van der Waals surface area contributed by atoms with E-state index in [0.717, 1.165) is 10.0 Å². The van der Waals surface area contributed by atoms with E-state index >= 15 is 0 Å². The molecule has 162 valence electrons. The summed E-state index contributed by atoms with van der Waals surface area (Å²) in [6, 6.07) is 15.0. The van der Waals surface area contributed by atoms with Gasteiger partial charge >= 0.3 is 0 Å². The molecule has 2 amide bonds. The molecule has 2 aromatic rings. The number of amides is 2. The highest BCUT2D eigenvalue weighted by atomic mass is 79.9. The summed E-state index contributed by atoms with van der Waals surface area (Å²) in [6.07, 6.45) is 0.516. The van der Waals surface area contributed by atoms with Crippen LogP contribution >= 0.6 is 15.9 Å². The maximum absolute atomic E-state index is 13.1. The Labute approximate surface area is 187 Å². The molecule has 2 aromatic carbocycles. The van der Waals surface area contributed by atoms with Crippen molar-refractivity contribution in [1.29, 1.82) is 0 Å². The molecule has 2 rings (SSSR count). The Kier molecular flexibility index (Phi) is 8.47. The maximum atomic E-state index is 13.1. The number of ether oxygens (including phenoxy) is 1. The summed E-state index contributed by atoms with van der Waals surface area (Å²) in [5.74, 6) is 0.183. The summed E-state index contributed by atoms with van der Waals surface area (Å²) in [6.45, 7) is 8.53. The van der Waals surface area contributed by atoms with Crippen LogP contribution in [0.2, 0.25) is 0 Å². The molecule has 1 N–H and O–H groups in total. The van der Waals surface area contributed by atoms with Crippen molar-refractivity contribution >= 4 is 27.7 Å². The van der Waals surface area contributed by atoms with Crippen molar-refractivity contribution in [3.8, 4) is 5.75 Å². The summed E-state index contributed by atoms with van der Waals surface area (Å²) in [7, 11) is 1.58. The van der Waals surface area contributed by atoms with Gasteiger partial charge in [0.1, 0.15) is 11.8 Å². The average molecular weight is 475 g/mol. The van der Waals surface area contributed by atoms with Crippen LogP contribution in [0.4, 0.5) is 0 Å². The Morgan fingerprint density at radius 3 is 2.33 bits per heavy atom. The zero-order valence-electron chi connectivity index (χ0n) is 18.4. The number of hydrogen-bond donors (Lipinski definition) is 1. The van der Waals surface area contributed by atoms with Gasteiger partial charge in [0.15, 0.2) is 6.61 Å². The van der Waals surface area contributed by atoms with Crippen molar-refractivity contribution in [2.24, 2.45) is 0 Å². The molecule has 0 bridgehead atoms. The van der Waals surface area contributed by atoms with Gasteiger partial charge in [-0.05, 0) is 51.0 Å². The molecule has 0 fully saturated rings. The molecule has 6 heteroatoms. The third kappa shape index (κ3) is 6.33. The van der Waals surface area contributed by atoms with Gasteiger partial charge in [-0.15, -0.1) is 0 Å². The largest absolute Gasteiger partial charge is 0.483 e. The minimum atomic E-state index is -0.557. The first-order chi connectivity index (χ1) is 14.2. The average Bonchev–Trinajstić information content (AvgIpc) is 2.72. The van der Waals surface area contributed by atoms with Crippen LogP contribution in [0.5, 0.6) is 5.75 Å². The van der Waals surface area contributed by atoms with E-state index in [2.05, 4.69) is 42.0 Å². The van der Waals surface area contributed by atoms with Crippen LogP contribution in [0.15, 0.2) is 53.0 Å². The van der Waals surface area contributed by atoms with Crippen molar-refractivity contribution in [1.82, 2.24) is 10.2 Å². The lowest BCUT2D eigenvalue weighted by Crippen LogP contribution is -2.49. The van der Waals surface area contributed by atoms with Gasteiger partial charge in [-0.2, -0.15) is 0 Å². The van der Waals surface area contributed by atoms with Crippen LogP contribution in [0.25, 0.3) is 0 Å². The number of halogens is 1. The van der Waals surface area contributed by atoms with Crippen molar-refractivity contribution in [2.75, 3.05) is 13.7 Å². The number of carbonyl (C=O) groups is 2. The number of benzene rings is 2. The highest BCUT2D eigenvalue weighted by molar-refractivity contribution is 9.10. The minimum Gasteiger partial charge on any atom is -0.483 e. The molecule has 0 spiro atoms. The van der Waals surface area contributed by atoms with Gasteiger partial charge in [0.05, 0.1) is 4.47 Å². The molecule has 0 aliphatic rings. The van der Waals surface area contributed by atoms with Crippen molar-refractivity contribution in [3.05, 3.63) is 64.1 Å². The first kappa shape index (κ1) is 23.9. The monoisotopic (exact) mass is 474 g/mol. The number of likely N-dealkylation sites (N-methyl/N-ethyl adjacent to an activating group) is 1. The molecule has 0 aliphatic heterocycles. The van der Waals surface area contributed by atoms with E-state index in [1.807, 2.05) is 55.5 Å². The fourth-order valence-corrected chi connectivity index (χ4v) is 3.67. The summed E-state index contributed by atoms with van der Waals surface area (Å²) >= 11 is 3.54. The lowest BCUT2D eigenvalue weighted by atomic mass is 9.87. The number of rotatable bonds is 8. The van der Waals surface area contributed by atoms with Gasteiger partial charge < -0.3 is 15.0 Å². The zero-order valence-corrected chi connectivity index (χ0v) is 20.0. The van der Waals surface area contributed by atoms with Crippen LogP contribution in [-0.2, 0) is 21.5 Å². The smallest absolute Gasteiger partial charge is 0.261 e. The summed E-state index contributed by atoms with van der Waals surface area (Å²) in [5.41, 5.74) is 2.15. The van der Waals surface area contributed by atoms with Crippen LogP contribution in [0, 0.1) is 0 Å². The van der Waals surface area contributed by atoms with Crippen molar-refractivity contribution in [2.45, 2.75) is 52.1 Å².